The van der Waals surface area contributed by atoms with Gasteiger partial charge in [0.15, 0.2) is 0 Å². The van der Waals surface area contributed by atoms with Gasteiger partial charge in [0, 0.05) is 16.5 Å². The molecular formula is C49H61N. The number of rotatable bonds is 16. The molecule has 0 aliphatic rings. The lowest BCUT2D eigenvalue weighted by molar-refractivity contribution is 0.488. The predicted octanol–water partition coefficient (Wildman–Crippen LogP) is 14.7. The van der Waals surface area contributed by atoms with Crippen LogP contribution in [0.4, 0.5) is 0 Å². The molecule has 0 saturated heterocycles. The van der Waals surface area contributed by atoms with Crippen LogP contribution in [0, 0.1) is 25.7 Å². The highest BCUT2D eigenvalue weighted by atomic mass is 15.0. The van der Waals surface area contributed by atoms with Crippen LogP contribution in [0.25, 0.3) is 49.4 Å². The largest absolute Gasteiger partial charge is 0.309 e. The second-order valence-electron chi connectivity index (χ2n) is 16.0. The number of hydrogen-bond acceptors (Lipinski definition) is 0. The van der Waals surface area contributed by atoms with E-state index in [-0.39, 0.29) is 0 Å². The summed E-state index contributed by atoms with van der Waals surface area (Å²) in [6.45, 7) is 16.3. The molecule has 1 unspecified atom stereocenters. The fourth-order valence-electron chi connectivity index (χ4n) is 8.27. The minimum atomic E-state index is 0.595. The van der Waals surface area contributed by atoms with Crippen molar-refractivity contribution in [1.29, 1.82) is 0 Å². The zero-order chi connectivity index (χ0) is 35.2. The SMILES string of the molecule is CCCCCCc1ccc(-n2c3cc(C)ccc3c3ccc(-c4cc(CC(C)C)c5cc(C)cc(CC(C)CCCCCC)c5c4)cc32)cc1. The maximum absolute atomic E-state index is 2.52. The molecule has 1 atom stereocenters. The van der Waals surface area contributed by atoms with E-state index in [1.165, 1.54) is 135 Å². The summed E-state index contributed by atoms with van der Waals surface area (Å²) in [5, 5.41) is 5.56. The van der Waals surface area contributed by atoms with Crippen LogP contribution in [0.2, 0.25) is 0 Å². The molecule has 0 N–H and O–H groups in total. The van der Waals surface area contributed by atoms with Gasteiger partial charge in [-0.15, -0.1) is 0 Å². The van der Waals surface area contributed by atoms with Gasteiger partial charge < -0.3 is 4.57 Å². The summed E-state index contributed by atoms with van der Waals surface area (Å²) >= 11 is 0. The number of aromatic nitrogens is 1. The first-order valence-electron chi connectivity index (χ1n) is 20.0. The summed E-state index contributed by atoms with van der Waals surface area (Å²) in [6.07, 6.45) is 15.3. The Bertz CT molecular complexity index is 2040. The van der Waals surface area contributed by atoms with Gasteiger partial charge in [-0.3, -0.25) is 0 Å². The van der Waals surface area contributed by atoms with Crippen molar-refractivity contribution in [1.82, 2.24) is 4.57 Å². The molecule has 0 fully saturated rings. The maximum atomic E-state index is 2.52. The molecule has 0 aliphatic carbocycles. The first-order valence-corrected chi connectivity index (χ1v) is 20.0. The highest BCUT2D eigenvalue weighted by Gasteiger charge is 2.17. The highest BCUT2D eigenvalue weighted by Crippen LogP contribution is 2.38. The van der Waals surface area contributed by atoms with Crippen LogP contribution in [0.5, 0.6) is 0 Å². The first-order chi connectivity index (χ1) is 24.2. The van der Waals surface area contributed by atoms with E-state index in [4.69, 9.17) is 0 Å². The summed E-state index contributed by atoms with van der Waals surface area (Å²) in [7, 11) is 0. The maximum Gasteiger partial charge on any atom is 0.0547 e. The number of unbranched alkanes of at least 4 members (excludes halogenated alkanes) is 6. The Morgan fingerprint density at radius 3 is 1.90 bits per heavy atom. The zero-order valence-corrected chi connectivity index (χ0v) is 32.2. The highest BCUT2D eigenvalue weighted by molar-refractivity contribution is 6.10. The van der Waals surface area contributed by atoms with E-state index in [9.17, 15) is 0 Å². The Morgan fingerprint density at radius 2 is 1.18 bits per heavy atom. The molecule has 50 heavy (non-hydrogen) atoms. The molecule has 6 rings (SSSR count). The Balaban J connectivity index is 1.45. The average molecular weight is 664 g/mol. The third-order valence-corrected chi connectivity index (χ3v) is 10.9. The molecule has 0 radical (unpaired) electrons. The van der Waals surface area contributed by atoms with E-state index in [2.05, 4.69) is 138 Å². The van der Waals surface area contributed by atoms with E-state index < -0.39 is 0 Å². The lowest BCUT2D eigenvalue weighted by Gasteiger charge is -2.19. The van der Waals surface area contributed by atoms with Gasteiger partial charge in [-0.1, -0.05) is 146 Å². The first kappa shape index (κ1) is 36.0. The zero-order valence-electron chi connectivity index (χ0n) is 32.2. The Kier molecular flexibility index (Phi) is 11.8. The number of benzene rings is 5. The summed E-state index contributed by atoms with van der Waals surface area (Å²) in [6, 6.07) is 33.5. The van der Waals surface area contributed by atoms with Crippen molar-refractivity contribution in [2.24, 2.45) is 11.8 Å². The van der Waals surface area contributed by atoms with Gasteiger partial charge in [-0.25, -0.2) is 0 Å². The third-order valence-electron chi connectivity index (χ3n) is 10.9. The molecule has 1 aromatic heterocycles. The minimum absolute atomic E-state index is 0.595. The average Bonchev–Trinajstić information content (AvgIpc) is 3.41. The molecule has 1 nitrogen and oxygen atoms in total. The summed E-state index contributed by atoms with van der Waals surface area (Å²) < 4.78 is 2.51. The van der Waals surface area contributed by atoms with Crippen molar-refractivity contribution < 1.29 is 0 Å². The van der Waals surface area contributed by atoms with Gasteiger partial charge >= 0.3 is 0 Å². The molecule has 1 heteroatoms. The van der Waals surface area contributed by atoms with Crippen molar-refractivity contribution in [3.8, 4) is 16.8 Å². The molecule has 262 valence electrons. The normalized spacial score (nSPS) is 12.6. The number of fused-ring (bicyclic) bond motifs is 4. The van der Waals surface area contributed by atoms with Crippen molar-refractivity contribution in [2.45, 2.75) is 126 Å². The predicted molar refractivity (Wildman–Crippen MR) is 221 cm³/mol. The van der Waals surface area contributed by atoms with E-state index in [0.29, 0.717) is 11.8 Å². The number of nitrogens with zero attached hydrogens (tertiary/aromatic N) is 1. The quantitative estimate of drug-likeness (QED) is 0.0908. The van der Waals surface area contributed by atoms with Crippen LogP contribution in [0.1, 0.15) is 120 Å². The van der Waals surface area contributed by atoms with E-state index >= 15 is 0 Å². The molecule has 0 aliphatic heterocycles. The van der Waals surface area contributed by atoms with Crippen molar-refractivity contribution in [3.05, 3.63) is 113 Å². The second kappa shape index (κ2) is 16.5. The van der Waals surface area contributed by atoms with Gasteiger partial charge in [-0.2, -0.15) is 0 Å². The van der Waals surface area contributed by atoms with E-state index in [1.54, 1.807) is 0 Å². The third kappa shape index (κ3) is 8.20. The van der Waals surface area contributed by atoms with Gasteiger partial charge in [0.2, 0.25) is 0 Å². The van der Waals surface area contributed by atoms with Crippen LogP contribution < -0.4 is 0 Å². The van der Waals surface area contributed by atoms with Crippen molar-refractivity contribution in [2.75, 3.05) is 0 Å². The topological polar surface area (TPSA) is 4.93 Å². The Morgan fingerprint density at radius 1 is 0.520 bits per heavy atom. The fraction of sp³-hybridized carbons (Fsp3) is 0.429. The van der Waals surface area contributed by atoms with Gasteiger partial charge in [0.25, 0.3) is 0 Å². The molecule has 0 spiro atoms. The van der Waals surface area contributed by atoms with E-state index in [0.717, 1.165) is 19.3 Å². The minimum Gasteiger partial charge on any atom is -0.309 e. The second-order valence-corrected chi connectivity index (χ2v) is 16.0. The van der Waals surface area contributed by atoms with Crippen LogP contribution in [-0.4, -0.2) is 4.57 Å². The van der Waals surface area contributed by atoms with Crippen LogP contribution in [0.15, 0.2) is 84.9 Å². The molecule has 6 aromatic rings. The van der Waals surface area contributed by atoms with Gasteiger partial charge in [0.05, 0.1) is 11.0 Å². The lowest BCUT2D eigenvalue weighted by Crippen LogP contribution is -2.03. The van der Waals surface area contributed by atoms with Crippen LogP contribution in [0.3, 0.4) is 0 Å². The van der Waals surface area contributed by atoms with Crippen LogP contribution in [-0.2, 0) is 19.3 Å². The van der Waals surface area contributed by atoms with Crippen molar-refractivity contribution in [3.63, 3.8) is 0 Å². The Labute approximate surface area is 303 Å². The standard InChI is InChI=1S/C49H61N/c1-8-10-12-14-16-35(5)27-42-28-37(7)29-46-41(26-34(3)4)31-40(32-47(42)46)39-21-25-45-44-24-18-36(6)30-48(44)50(49(45)33-39)43-22-19-38(20-23-43)17-15-13-11-9-2/h18-25,28-35H,8-17,26-27H2,1-7H3. The number of aryl methyl sites for hydroxylation is 3. The van der Waals surface area contributed by atoms with E-state index in [1.807, 2.05) is 0 Å². The molecule has 5 aromatic carbocycles. The van der Waals surface area contributed by atoms with Gasteiger partial charge in [0.1, 0.15) is 0 Å². The molecule has 0 bridgehead atoms. The monoisotopic (exact) mass is 663 g/mol. The van der Waals surface area contributed by atoms with Gasteiger partial charge in [-0.05, 0) is 126 Å². The molecular weight excluding hydrogens is 603 g/mol. The lowest BCUT2D eigenvalue weighted by atomic mass is 9.86. The number of hydrogen-bond donors (Lipinski definition) is 0. The Hall–Kier alpha value is -3.84. The molecule has 0 amide bonds. The molecule has 1 heterocycles. The smallest absolute Gasteiger partial charge is 0.0547 e. The summed E-state index contributed by atoms with van der Waals surface area (Å²) in [5.74, 6) is 1.28. The fourth-order valence-corrected chi connectivity index (χ4v) is 8.27. The van der Waals surface area contributed by atoms with Crippen LogP contribution >= 0.6 is 0 Å². The summed E-state index contributed by atoms with van der Waals surface area (Å²) in [4.78, 5) is 0. The summed E-state index contributed by atoms with van der Waals surface area (Å²) in [5.41, 5.74) is 13.6. The van der Waals surface area contributed by atoms with Crippen molar-refractivity contribution >= 4 is 32.6 Å². The molecule has 0 saturated carbocycles.